The molecule has 0 amide bonds. The van der Waals surface area contributed by atoms with Gasteiger partial charge < -0.3 is 4.90 Å². The van der Waals surface area contributed by atoms with Crippen LogP contribution in [-0.2, 0) is 6.42 Å². The number of benzene rings is 9. The molecule has 1 aliphatic rings. The third kappa shape index (κ3) is 6.38. The Bertz CT molecular complexity index is 2870. The van der Waals surface area contributed by atoms with Crippen LogP contribution in [0.2, 0.25) is 0 Å². The van der Waals surface area contributed by atoms with Crippen molar-refractivity contribution < 1.29 is 0 Å². The van der Waals surface area contributed by atoms with Gasteiger partial charge >= 0.3 is 0 Å². The van der Waals surface area contributed by atoms with E-state index < -0.39 is 0 Å². The molecule has 9 aromatic carbocycles. The molecule has 0 fully saturated rings. The van der Waals surface area contributed by atoms with Crippen molar-refractivity contribution in [3.63, 3.8) is 0 Å². The molecule has 56 heavy (non-hydrogen) atoms. The molecule has 0 saturated heterocycles. The van der Waals surface area contributed by atoms with Gasteiger partial charge in [0, 0.05) is 17.1 Å². The number of hydrogen-bond acceptors (Lipinski definition) is 1. The Labute approximate surface area is 329 Å². The predicted octanol–water partition coefficient (Wildman–Crippen LogP) is 15.3. The lowest BCUT2D eigenvalue weighted by molar-refractivity contribution is 0.718. The SMILES string of the molecule is CC1C=Cc2c(cc(-c3ccc(N(c4ccc(-c5ccc(-c6ccccc6)cc5)cc4)c4cccc(-c5ccc6ccccc6c5)c4)cc3)c3ccccc23)C1. The van der Waals surface area contributed by atoms with Gasteiger partial charge in [-0.05, 0) is 138 Å². The zero-order chi connectivity index (χ0) is 37.4. The third-order valence-electron chi connectivity index (χ3n) is 11.4. The van der Waals surface area contributed by atoms with Crippen LogP contribution in [-0.4, -0.2) is 0 Å². The van der Waals surface area contributed by atoms with E-state index in [1.807, 2.05) is 0 Å². The molecule has 0 aromatic heterocycles. The van der Waals surface area contributed by atoms with Crippen LogP contribution in [0, 0.1) is 5.92 Å². The first-order valence-electron chi connectivity index (χ1n) is 19.6. The number of hydrogen-bond donors (Lipinski definition) is 0. The summed E-state index contributed by atoms with van der Waals surface area (Å²) in [4.78, 5) is 2.38. The van der Waals surface area contributed by atoms with Crippen molar-refractivity contribution in [3.05, 3.63) is 217 Å². The molecule has 0 aliphatic heterocycles. The predicted molar refractivity (Wildman–Crippen MR) is 240 cm³/mol. The van der Waals surface area contributed by atoms with Gasteiger partial charge in [0.2, 0.25) is 0 Å². The van der Waals surface area contributed by atoms with E-state index >= 15 is 0 Å². The van der Waals surface area contributed by atoms with E-state index in [2.05, 4.69) is 224 Å². The highest BCUT2D eigenvalue weighted by Crippen LogP contribution is 2.41. The van der Waals surface area contributed by atoms with Crippen LogP contribution in [0.15, 0.2) is 206 Å². The van der Waals surface area contributed by atoms with E-state index in [-0.39, 0.29) is 0 Å². The highest BCUT2D eigenvalue weighted by atomic mass is 15.1. The molecule has 266 valence electrons. The zero-order valence-corrected chi connectivity index (χ0v) is 31.4. The molecule has 0 saturated carbocycles. The van der Waals surface area contributed by atoms with Crippen molar-refractivity contribution in [2.45, 2.75) is 13.3 Å². The van der Waals surface area contributed by atoms with Crippen molar-refractivity contribution in [1.82, 2.24) is 0 Å². The zero-order valence-electron chi connectivity index (χ0n) is 31.4. The standard InChI is InChI=1S/C55H41N/c1-38-18-33-52-48(34-38)37-55(54-17-8-7-16-53(52)54)44-27-31-50(32-28-44)56(51-15-9-14-46(36-51)47-24-23-40-12-5-6-13-45(40)35-47)49-29-25-43(26-30-49)42-21-19-41(20-22-42)39-10-3-2-4-11-39/h2-33,35-38H,34H2,1H3. The second-order valence-corrected chi connectivity index (χ2v) is 15.1. The summed E-state index contributed by atoms with van der Waals surface area (Å²) in [6.45, 7) is 2.31. The highest BCUT2D eigenvalue weighted by Gasteiger charge is 2.18. The lowest BCUT2D eigenvalue weighted by atomic mass is 9.84. The van der Waals surface area contributed by atoms with Gasteiger partial charge in [0.1, 0.15) is 0 Å². The Kier molecular flexibility index (Phi) is 8.61. The van der Waals surface area contributed by atoms with E-state index in [1.165, 1.54) is 77.2 Å². The first kappa shape index (κ1) is 33.6. The van der Waals surface area contributed by atoms with Gasteiger partial charge in [0.15, 0.2) is 0 Å². The maximum atomic E-state index is 2.43. The Morgan fingerprint density at radius 1 is 0.393 bits per heavy atom. The molecule has 0 spiro atoms. The summed E-state index contributed by atoms with van der Waals surface area (Å²) >= 11 is 0. The summed E-state index contributed by atoms with van der Waals surface area (Å²) in [6.07, 6.45) is 5.74. The summed E-state index contributed by atoms with van der Waals surface area (Å²) in [6, 6.07) is 73.2. The summed E-state index contributed by atoms with van der Waals surface area (Å²) in [7, 11) is 0. The lowest BCUT2D eigenvalue weighted by Crippen LogP contribution is -2.10. The summed E-state index contributed by atoms with van der Waals surface area (Å²) < 4.78 is 0. The maximum Gasteiger partial charge on any atom is 0.0467 e. The molecule has 0 heterocycles. The molecule has 0 bridgehead atoms. The Morgan fingerprint density at radius 3 is 1.64 bits per heavy atom. The van der Waals surface area contributed by atoms with Crippen LogP contribution in [0.1, 0.15) is 18.1 Å². The first-order valence-corrected chi connectivity index (χ1v) is 19.6. The van der Waals surface area contributed by atoms with Crippen LogP contribution in [0.4, 0.5) is 17.1 Å². The summed E-state index contributed by atoms with van der Waals surface area (Å²) in [5.41, 5.74) is 15.9. The number of allylic oxidation sites excluding steroid dienone is 1. The van der Waals surface area contributed by atoms with Gasteiger partial charge in [-0.3, -0.25) is 0 Å². The molecule has 1 atom stereocenters. The van der Waals surface area contributed by atoms with Gasteiger partial charge in [-0.2, -0.15) is 0 Å². The van der Waals surface area contributed by atoms with E-state index in [0.29, 0.717) is 5.92 Å². The largest absolute Gasteiger partial charge is 0.310 e. The van der Waals surface area contributed by atoms with E-state index in [9.17, 15) is 0 Å². The van der Waals surface area contributed by atoms with Crippen molar-refractivity contribution >= 4 is 44.7 Å². The van der Waals surface area contributed by atoms with Gasteiger partial charge in [-0.1, -0.05) is 171 Å². The van der Waals surface area contributed by atoms with Crippen LogP contribution >= 0.6 is 0 Å². The molecule has 1 unspecified atom stereocenters. The number of rotatable bonds is 7. The minimum atomic E-state index is 0.540. The van der Waals surface area contributed by atoms with Crippen LogP contribution < -0.4 is 4.90 Å². The number of fused-ring (bicyclic) bond motifs is 4. The lowest BCUT2D eigenvalue weighted by Gasteiger charge is -2.27. The Balaban J connectivity index is 1.04. The monoisotopic (exact) mass is 715 g/mol. The van der Waals surface area contributed by atoms with Gasteiger partial charge in [-0.25, -0.2) is 0 Å². The van der Waals surface area contributed by atoms with Gasteiger partial charge in [0.25, 0.3) is 0 Å². The van der Waals surface area contributed by atoms with Gasteiger partial charge in [0.05, 0.1) is 0 Å². The van der Waals surface area contributed by atoms with Crippen molar-refractivity contribution in [2.24, 2.45) is 5.92 Å². The molecule has 9 aromatic rings. The van der Waals surface area contributed by atoms with E-state index in [4.69, 9.17) is 0 Å². The number of anilines is 3. The molecule has 1 nitrogen and oxygen atoms in total. The normalized spacial score (nSPS) is 13.5. The van der Waals surface area contributed by atoms with Crippen molar-refractivity contribution in [2.75, 3.05) is 4.90 Å². The second-order valence-electron chi connectivity index (χ2n) is 15.1. The Morgan fingerprint density at radius 2 is 0.929 bits per heavy atom. The molecule has 0 N–H and O–H groups in total. The molecular formula is C55H41N. The fourth-order valence-corrected chi connectivity index (χ4v) is 8.45. The third-order valence-corrected chi connectivity index (χ3v) is 11.4. The van der Waals surface area contributed by atoms with Crippen LogP contribution in [0.5, 0.6) is 0 Å². The molecule has 1 heteroatoms. The summed E-state index contributed by atoms with van der Waals surface area (Å²) in [5.74, 6) is 0.540. The topological polar surface area (TPSA) is 3.24 Å². The maximum absolute atomic E-state index is 2.43. The quantitative estimate of drug-likeness (QED) is 0.159. The molecule has 10 rings (SSSR count). The van der Waals surface area contributed by atoms with Crippen LogP contribution in [0.25, 0.3) is 72.1 Å². The van der Waals surface area contributed by atoms with Crippen molar-refractivity contribution in [3.8, 4) is 44.5 Å². The van der Waals surface area contributed by atoms with Crippen molar-refractivity contribution in [1.29, 1.82) is 0 Å². The smallest absolute Gasteiger partial charge is 0.0467 e. The van der Waals surface area contributed by atoms with Crippen LogP contribution in [0.3, 0.4) is 0 Å². The van der Waals surface area contributed by atoms with Gasteiger partial charge in [-0.15, -0.1) is 0 Å². The summed E-state index contributed by atoms with van der Waals surface area (Å²) in [5, 5.41) is 5.12. The number of nitrogens with zero attached hydrogens (tertiary/aromatic N) is 1. The highest BCUT2D eigenvalue weighted by molar-refractivity contribution is 6.03. The minimum Gasteiger partial charge on any atom is -0.310 e. The van der Waals surface area contributed by atoms with E-state index in [0.717, 1.165) is 23.5 Å². The Hall–Kier alpha value is -6.96. The molecular weight excluding hydrogens is 675 g/mol. The minimum absolute atomic E-state index is 0.540. The average molecular weight is 716 g/mol. The molecule has 0 radical (unpaired) electrons. The first-order chi connectivity index (χ1) is 27.6. The van der Waals surface area contributed by atoms with E-state index in [1.54, 1.807) is 0 Å². The average Bonchev–Trinajstić information content (AvgIpc) is 3.27. The second kappa shape index (κ2) is 14.4. The molecule has 1 aliphatic carbocycles. The fraction of sp³-hybridized carbons (Fsp3) is 0.0545. The fourth-order valence-electron chi connectivity index (χ4n) is 8.45.